The Kier molecular flexibility index (Phi) is 7.39. The molecule has 3 aromatic rings. The van der Waals surface area contributed by atoms with E-state index in [9.17, 15) is 22.8 Å². The van der Waals surface area contributed by atoms with Gasteiger partial charge in [-0.3, -0.25) is 14.4 Å². The Morgan fingerprint density at radius 2 is 1.53 bits per heavy atom. The zero-order valence-corrected chi connectivity index (χ0v) is 20.3. The quantitative estimate of drug-likeness (QED) is 0.513. The highest BCUT2D eigenvalue weighted by Gasteiger charge is 2.40. The fraction of sp³-hybridized carbons (Fsp3) is 0.240. The number of furan rings is 1. The summed E-state index contributed by atoms with van der Waals surface area (Å²) in [5, 5.41) is 0.536. The van der Waals surface area contributed by atoms with Gasteiger partial charge < -0.3 is 24.3 Å². The van der Waals surface area contributed by atoms with Crippen LogP contribution in [0.25, 0.3) is 0 Å². The maximum absolute atomic E-state index is 13.5. The number of sulfone groups is 1. The number of ether oxygens (including phenoxy) is 1. The van der Waals surface area contributed by atoms with Gasteiger partial charge in [0.25, 0.3) is 17.7 Å². The highest BCUT2D eigenvalue weighted by molar-refractivity contribution is 7.92. The molecule has 2 heterocycles. The maximum atomic E-state index is 13.5. The lowest BCUT2D eigenvalue weighted by molar-refractivity contribution is -0.132. The second kappa shape index (κ2) is 10.6. The van der Waals surface area contributed by atoms with Gasteiger partial charge in [-0.2, -0.15) is 0 Å². The molecule has 0 spiro atoms. The van der Waals surface area contributed by atoms with E-state index in [0.717, 1.165) is 0 Å². The van der Waals surface area contributed by atoms with Crippen molar-refractivity contribution in [2.24, 2.45) is 0 Å². The molecule has 0 aliphatic carbocycles. The molecule has 1 N–H and O–H groups in total. The molecular formula is C25H25N3O7S. The lowest BCUT2D eigenvalue weighted by atomic mass is 10.2. The van der Waals surface area contributed by atoms with Crippen LogP contribution in [0.4, 0.5) is 0 Å². The molecule has 3 amide bonds. The molecule has 0 unspecified atom stereocenters. The van der Waals surface area contributed by atoms with E-state index in [4.69, 9.17) is 9.15 Å². The number of piperazine rings is 1. The van der Waals surface area contributed by atoms with Crippen LogP contribution in [-0.4, -0.2) is 74.6 Å². The summed E-state index contributed by atoms with van der Waals surface area (Å²) >= 11 is 0. The summed E-state index contributed by atoms with van der Waals surface area (Å²) in [5.41, 5.74) is 0.0925. The second-order valence-electron chi connectivity index (χ2n) is 8.01. The van der Waals surface area contributed by atoms with E-state index >= 15 is 0 Å². The van der Waals surface area contributed by atoms with Crippen molar-refractivity contribution in [1.29, 1.82) is 0 Å². The molecule has 188 valence electrons. The highest BCUT2D eigenvalue weighted by Crippen LogP contribution is 2.21. The molecule has 2 aromatic carbocycles. The molecule has 0 radical (unpaired) electrons. The van der Waals surface area contributed by atoms with Crippen molar-refractivity contribution in [3.05, 3.63) is 84.3 Å². The summed E-state index contributed by atoms with van der Waals surface area (Å²) in [7, 11) is -2.91. The molecule has 1 aliphatic heterocycles. The lowest BCUT2D eigenvalue weighted by Gasteiger charge is -2.36. The maximum Gasteiger partial charge on any atom is 0.289 e. The third-order valence-corrected chi connectivity index (χ3v) is 7.70. The predicted octanol–water partition coefficient (Wildman–Crippen LogP) is 1.80. The summed E-state index contributed by atoms with van der Waals surface area (Å²) < 4.78 is 37.4. The molecule has 1 atom stereocenters. The minimum Gasteiger partial charge on any atom is -0.496 e. The Labute approximate surface area is 208 Å². The molecule has 1 aliphatic rings. The number of amides is 3. The number of carbonyl (C=O) groups is 3. The summed E-state index contributed by atoms with van der Waals surface area (Å²) in [6.07, 6.45) is 1.40. The van der Waals surface area contributed by atoms with Crippen LogP contribution in [-0.2, 0) is 14.6 Å². The third kappa shape index (κ3) is 5.10. The van der Waals surface area contributed by atoms with Gasteiger partial charge in [-0.25, -0.2) is 8.42 Å². The number of hydrogen-bond donors (Lipinski definition) is 1. The van der Waals surface area contributed by atoms with E-state index in [2.05, 4.69) is 5.32 Å². The van der Waals surface area contributed by atoms with Gasteiger partial charge in [-0.1, -0.05) is 30.3 Å². The Balaban J connectivity index is 1.57. The zero-order chi connectivity index (χ0) is 25.7. The Hall–Kier alpha value is -4.12. The monoisotopic (exact) mass is 511 g/mol. The smallest absolute Gasteiger partial charge is 0.289 e. The Morgan fingerprint density at radius 1 is 0.889 bits per heavy atom. The van der Waals surface area contributed by atoms with E-state index in [1.807, 2.05) is 0 Å². The average molecular weight is 512 g/mol. The first-order valence-electron chi connectivity index (χ1n) is 11.2. The van der Waals surface area contributed by atoms with Crippen molar-refractivity contribution in [2.45, 2.75) is 10.3 Å². The third-order valence-electron chi connectivity index (χ3n) is 5.83. The molecule has 36 heavy (non-hydrogen) atoms. The van der Waals surface area contributed by atoms with Crippen molar-refractivity contribution in [2.75, 3.05) is 33.3 Å². The van der Waals surface area contributed by atoms with Crippen LogP contribution >= 0.6 is 0 Å². The minimum absolute atomic E-state index is 0.0925. The average Bonchev–Trinajstić information content (AvgIpc) is 3.46. The van der Waals surface area contributed by atoms with Crippen LogP contribution < -0.4 is 10.1 Å². The number of benzene rings is 2. The van der Waals surface area contributed by atoms with E-state index in [-0.39, 0.29) is 54.1 Å². The van der Waals surface area contributed by atoms with Gasteiger partial charge in [0.05, 0.1) is 23.8 Å². The van der Waals surface area contributed by atoms with Crippen molar-refractivity contribution in [3.63, 3.8) is 0 Å². The fourth-order valence-electron chi connectivity index (χ4n) is 3.90. The van der Waals surface area contributed by atoms with Gasteiger partial charge in [0.2, 0.25) is 15.2 Å². The lowest BCUT2D eigenvalue weighted by Crippen LogP contribution is -2.57. The SMILES string of the molecule is COc1ccccc1C(=O)N[C@@H](C(=O)N1CCN(C(=O)c2ccco2)CC1)S(=O)(=O)c1ccccc1. The summed E-state index contributed by atoms with van der Waals surface area (Å²) in [5.74, 6) is -1.44. The fourth-order valence-corrected chi connectivity index (χ4v) is 5.38. The van der Waals surface area contributed by atoms with Crippen molar-refractivity contribution < 1.29 is 32.0 Å². The normalized spacial score (nSPS) is 14.7. The van der Waals surface area contributed by atoms with Gasteiger partial charge in [0.15, 0.2) is 5.76 Å². The van der Waals surface area contributed by atoms with E-state index in [1.165, 1.54) is 53.5 Å². The van der Waals surface area contributed by atoms with Crippen molar-refractivity contribution in [3.8, 4) is 5.75 Å². The second-order valence-corrected chi connectivity index (χ2v) is 10.0. The van der Waals surface area contributed by atoms with Crippen LogP contribution in [0.3, 0.4) is 0 Å². The summed E-state index contributed by atoms with van der Waals surface area (Å²) in [6, 6.07) is 16.9. The number of carbonyl (C=O) groups excluding carboxylic acids is 3. The summed E-state index contributed by atoms with van der Waals surface area (Å²) in [4.78, 5) is 41.9. The van der Waals surface area contributed by atoms with Gasteiger partial charge in [-0.15, -0.1) is 0 Å². The minimum atomic E-state index is -4.30. The molecule has 0 saturated carbocycles. The molecule has 10 nitrogen and oxygen atoms in total. The number of hydrogen-bond acceptors (Lipinski definition) is 7. The van der Waals surface area contributed by atoms with Crippen LogP contribution in [0.1, 0.15) is 20.9 Å². The van der Waals surface area contributed by atoms with Crippen LogP contribution in [0.2, 0.25) is 0 Å². The van der Waals surface area contributed by atoms with Gasteiger partial charge >= 0.3 is 0 Å². The zero-order valence-electron chi connectivity index (χ0n) is 19.5. The number of nitrogens with zero attached hydrogens (tertiary/aromatic N) is 2. The highest BCUT2D eigenvalue weighted by atomic mass is 32.2. The van der Waals surface area contributed by atoms with E-state index in [0.29, 0.717) is 0 Å². The van der Waals surface area contributed by atoms with E-state index in [1.54, 1.807) is 36.4 Å². The van der Waals surface area contributed by atoms with Crippen LogP contribution in [0, 0.1) is 0 Å². The molecule has 4 rings (SSSR count). The number of para-hydroxylation sites is 1. The first-order valence-corrected chi connectivity index (χ1v) is 12.7. The van der Waals surface area contributed by atoms with E-state index < -0.39 is 27.0 Å². The number of nitrogens with one attached hydrogen (secondary N) is 1. The molecule has 1 saturated heterocycles. The molecule has 1 aromatic heterocycles. The largest absolute Gasteiger partial charge is 0.496 e. The summed E-state index contributed by atoms with van der Waals surface area (Å²) in [6.45, 7) is 0.556. The topological polar surface area (TPSA) is 126 Å². The van der Waals surface area contributed by atoms with Gasteiger partial charge in [0, 0.05) is 26.2 Å². The Bertz CT molecular complexity index is 1330. The molecular weight excluding hydrogens is 486 g/mol. The van der Waals surface area contributed by atoms with Gasteiger partial charge in [-0.05, 0) is 36.4 Å². The van der Waals surface area contributed by atoms with Crippen molar-refractivity contribution in [1.82, 2.24) is 15.1 Å². The number of rotatable bonds is 7. The van der Waals surface area contributed by atoms with Gasteiger partial charge in [0.1, 0.15) is 5.75 Å². The molecule has 0 bridgehead atoms. The van der Waals surface area contributed by atoms with Crippen LogP contribution in [0.5, 0.6) is 5.75 Å². The van der Waals surface area contributed by atoms with Crippen molar-refractivity contribution >= 4 is 27.6 Å². The first-order chi connectivity index (χ1) is 17.3. The molecule has 1 fully saturated rings. The number of methoxy groups -OCH3 is 1. The Morgan fingerprint density at radius 3 is 2.17 bits per heavy atom. The first kappa shape index (κ1) is 25.0. The predicted molar refractivity (Wildman–Crippen MR) is 129 cm³/mol. The molecule has 11 heteroatoms. The standard InChI is InChI=1S/C25H25N3O7S/c1-34-20-11-6-5-10-19(20)22(29)26-23(36(32,33)18-8-3-2-4-9-18)25(31)28-15-13-27(14-16-28)24(30)21-12-7-17-35-21/h2-12,17,23H,13-16H2,1H3,(H,26,29)/t23-/m1/s1. The van der Waals surface area contributed by atoms with Crippen LogP contribution in [0.15, 0.2) is 82.3 Å².